The zero-order valence-electron chi connectivity index (χ0n) is 9.99. The van der Waals surface area contributed by atoms with Gasteiger partial charge in [0.05, 0.1) is 13.2 Å². The molecule has 2 atom stereocenters. The molecule has 94 valence electrons. The van der Waals surface area contributed by atoms with Crippen LogP contribution in [0.15, 0.2) is 18.2 Å². The number of rotatable bonds is 4. The van der Waals surface area contributed by atoms with Crippen molar-refractivity contribution in [3.8, 4) is 5.75 Å². The molecular formula is C13H18FNO2. The molecule has 0 aromatic heterocycles. The summed E-state index contributed by atoms with van der Waals surface area (Å²) in [6, 6.07) is 4.54. The van der Waals surface area contributed by atoms with Crippen LogP contribution in [0.5, 0.6) is 5.75 Å². The molecule has 1 fully saturated rings. The third kappa shape index (κ3) is 3.17. The minimum absolute atomic E-state index is 0.299. The van der Waals surface area contributed by atoms with E-state index in [1.54, 1.807) is 19.1 Å². The van der Waals surface area contributed by atoms with Gasteiger partial charge in [0.2, 0.25) is 0 Å². The second-order valence-electron chi connectivity index (χ2n) is 4.51. The fraction of sp³-hybridized carbons (Fsp3) is 0.538. The van der Waals surface area contributed by atoms with E-state index in [4.69, 9.17) is 15.2 Å². The van der Waals surface area contributed by atoms with Crippen LogP contribution in [-0.2, 0) is 4.74 Å². The van der Waals surface area contributed by atoms with Gasteiger partial charge in [-0.2, -0.15) is 0 Å². The van der Waals surface area contributed by atoms with Crippen LogP contribution >= 0.6 is 0 Å². The van der Waals surface area contributed by atoms with E-state index in [-0.39, 0.29) is 11.9 Å². The molecule has 1 aliphatic heterocycles. The second-order valence-corrected chi connectivity index (χ2v) is 4.51. The molecule has 2 rings (SSSR count). The molecule has 0 amide bonds. The third-order valence-electron chi connectivity index (χ3n) is 2.97. The highest BCUT2D eigenvalue weighted by Gasteiger charge is 2.16. The van der Waals surface area contributed by atoms with Gasteiger partial charge in [0.15, 0.2) is 0 Å². The Hall–Kier alpha value is -1.13. The van der Waals surface area contributed by atoms with E-state index in [2.05, 4.69) is 0 Å². The topological polar surface area (TPSA) is 44.5 Å². The first kappa shape index (κ1) is 12.3. The van der Waals surface area contributed by atoms with E-state index in [1.807, 2.05) is 0 Å². The zero-order chi connectivity index (χ0) is 12.3. The van der Waals surface area contributed by atoms with E-state index in [1.165, 1.54) is 6.07 Å². The predicted molar refractivity (Wildman–Crippen MR) is 63.4 cm³/mol. The monoisotopic (exact) mass is 239 g/mol. The highest BCUT2D eigenvalue weighted by molar-refractivity contribution is 5.30. The minimum Gasteiger partial charge on any atom is -0.493 e. The maximum atomic E-state index is 13.6. The second kappa shape index (κ2) is 5.47. The van der Waals surface area contributed by atoms with Crippen molar-refractivity contribution in [1.82, 2.24) is 0 Å². The Morgan fingerprint density at radius 1 is 1.59 bits per heavy atom. The fourth-order valence-corrected chi connectivity index (χ4v) is 1.90. The van der Waals surface area contributed by atoms with Crippen molar-refractivity contribution in [3.63, 3.8) is 0 Å². The number of ether oxygens (including phenoxy) is 2. The predicted octanol–water partition coefficient (Wildman–Crippen LogP) is 2.26. The lowest BCUT2D eigenvalue weighted by Crippen LogP contribution is -2.12. The normalized spacial score (nSPS) is 21.5. The summed E-state index contributed by atoms with van der Waals surface area (Å²) in [4.78, 5) is 0. The Kier molecular flexibility index (Phi) is 3.97. The van der Waals surface area contributed by atoms with Gasteiger partial charge in [-0.15, -0.1) is 0 Å². The molecule has 0 radical (unpaired) electrons. The summed E-state index contributed by atoms with van der Waals surface area (Å²) in [5.41, 5.74) is 6.16. The Morgan fingerprint density at radius 2 is 2.41 bits per heavy atom. The Balaban J connectivity index is 1.94. The van der Waals surface area contributed by atoms with Crippen molar-refractivity contribution in [3.05, 3.63) is 29.6 Å². The molecule has 1 aromatic carbocycles. The maximum absolute atomic E-state index is 13.6. The first-order chi connectivity index (χ1) is 8.16. The molecule has 1 unspecified atom stereocenters. The highest BCUT2D eigenvalue weighted by atomic mass is 19.1. The van der Waals surface area contributed by atoms with Crippen molar-refractivity contribution in [2.75, 3.05) is 19.8 Å². The average Bonchev–Trinajstić information content (AvgIpc) is 2.78. The first-order valence-electron chi connectivity index (χ1n) is 5.92. The molecule has 0 aliphatic carbocycles. The zero-order valence-corrected chi connectivity index (χ0v) is 9.99. The molecule has 1 heterocycles. The van der Waals surface area contributed by atoms with Gasteiger partial charge < -0.3 is 15.2 Å². The van der Waals surface area contributed by atoms with Crippen molar-refractivity contribution < 1.29 is 13.9 Å². The molecule has 1 aromatic rings. The third-order valence-corrected chi connectivity index (χ3v) is 2.97. The molecule has 17 heavy (non-hydrogen) atoms. The van der Waals surface area contributed by atoms with E-state index in [9.17, 15) is 4.39 Å². The number of nitrogens with two attached hydrogens (primary N) is 1. The maximum Gasteiger partial charge on any atom is 0.131 e. The SMILES string of the molecule is C[C@@H](N)c1ccc(OCC2CCOC2)cc1F. The van der Waals surface area contributed by atoms with Crippen LogP contribution in [0.25, 0.3) is 0 Å². The van der Waals surface area contributed by atoms with Crippen molar-refractivity contribution in [2.24, 2.45) is 11.7 Å². The van der Waals surface area contributed by atoms with Crippen LogP contribution in [-0.4, -0.2) is 19.8 Å². The summed E-state index contributed by atoms with van der Waals surface area (Å²) in [6.07, 6.45) is 1.01. The number of hydrogen-bond acceptors (Lipinski definition) is 3. The van der Waals surface area contributed by atoms with Crippen LogP contribution in [0.3, 0.4) is 0 Å². The van der Waals surface area contributed by atoms with Gasteiger partial charge in [-0.05, 0) is 19.4 Å². The van der Waals surface area contributed by atoms with Gasteiger partial charge in [0.25, 0.3) is 0 Å². The quantitative estimate of drug-likeness (QED) is 0.876. The summed E-state index contributed by atoms with van der Waals surface area (Å²) >= 11 is 0. The Labute approximate surface area is 101 Å². The standard InChI is InChI=1S/C13H18FNO2/c1-9(15)12-3-2-11(6-13(12)14)17-8-10-4-5-16-7-10/h2-3,6,9-10H,4-5,7-8,15H2,1H3/t9-,10?/m1/s1. The number of halogens is 1. The van der Waals surface area contributed by atoms with Gasteiger partial charge in [0, 0.05) is 30.2 Å². The minimum atomic E-state index is -0.305. The first-order valence-corrected chi connectivity index (χ1v) is 5.92. The molecular weight excluding hydrogens is 221 g/mol. The van der Waals surface area contributed by atoms with Crippen LogP contribution in [0.4, 0.5) is 4.39 Å². The van der Waals surface area contributed by atoms with Gasteiger partial charge in [0.1, 0.15) is 11.6 Å². The molecule has 0 spiro atoms. The highest BCUT2D eigenvalue weighted by Crippen LogP contribution is 2.22. The number of hydrogen-bond donors (Lipinski definition) is 1. The van der Waals surface area contributed by atoms with E-state index in [0.717, 1.165) is 19.6 Å². The average molecular weight is 239 g/mol. The van der Waals surface area contributed by atoms with Gasteiger partial charge in [-0.1, -0.05) is 6.07 Å². The van der Waals surface area contributed by atoms with Crippen molar-refractivity contribution >= 4 is 0 Å². The van der Waals surface area contributed by atoms with E-state index < -0.39 is 0 Å². The smallest absolute Gasteiger partial charge is 0.131 e. The molecule has 4 heteroatoms. The van der Waals surface area contributed by atoms with E-state index >= 15 is 0 Å². The van der Waals surface area contributed by atoms with Crippen LogP contribution in [0, 0.1) is 11.7 Å². The molecule has 0 bridgehead atoms. The lowest BCUT2D eigenvalue weighted by atomic mass is 10.1. The Bertz CT molecular complexity index is 376. The van der Waals surface area contributed by atoms with Crippen molar-refractivity contribution in [1.29, 1.82) is 0 Å². The fourth-order valence-electron chi connectivity index (χ4n) is 1.90. The summed E-state index contributed by atoms with van der Waals surface area (Å²) in [6.45, 7) is 3.87. The molecule has 1 saturated heterocycles. The number of benzene rings is 1. The molecule has 1 aliphatic rings. The molecule has 0 saturated carbocycles. The van der Waals surface area contributed by atoms with Gasteiger partial charge in [-0.3, -0.25) is 0 Å². The van der Waals surface area contributed by atoms with E-state index in [0.29, 0.717) is 23.8 Å². The van der Waals surface area contributed by atoms with Crippen LogP contribution in [0.2, 0.25) is 0 Å². The van der Waals surface area contributed by atoms with Crippen LogP contribution in [0.1, 0.15) is 24.9 Å². The van der Waals surface area contributed by atoms with Crippen molar-refractivity contribution in [2.45, 2.75) is 19.4 Å². The summed E-state index contributed by atoms with van der Waals surface area (Å²) in [7, 11) is 0. The largest absolute Gasteiger partial charge is 0.493 e. The summed E-state index contributed by atoms with van der Waals surface area (Å²) in [5, 5.41) is 0. The summed E-state index contributed by atoms with van der Waals surface area (Å²) in [5.74, 6) is 0.671. The Morgan fingerprint density at radius 3 is 3.00 bits per heavy atom. The lowest BCUT2D eigenvalue weighted by molar-refractivity contribution is 0.167. The van der Waals surface area contributed by atoms with Gasteiger partial charge >= 0.3 is 0 Å². The lowest BCUT2D eigenvalue weighted by Gasteiger charge is -2.12. The van der Waals surface area contributed by atoms with Crippen LogP contribution < -0.4 is 10.5 Å². The summed E-state index contributed by atoms with van der Waals surface area (Å²) < 4.78 is 24.4. The van der Waals surface area contributed by atoms with Gasteiger partial charge in [-0.25, -0.2) is 4.39 Å². The molecule has 3 nitrogen and oxygen atoms in total. The molecule has 2 N–H and O–H groups in total.